The van der Waals surface area contributed by atoms with Gasteiger partial charge in [-0.25, -0.2) is 9.97 Å². The molecule has 4 N–H and O–H groups in total. The second kappa shape index (κ2) is 8.28. The van der Waals surface area contributed by atoms with Crippen LogP contribution in [0.3, 0.4) is 0 Å². The van der Waals surface area contributed by atoms with Gasteiger partial charge in [-0.2, -0.15) is 0 Å². The van der Waals surface area contributed by atoms with E-state index in [0.29, 0.717) is 22.2 Å². The van der Waals surface area contributed by atoms with Crippen molar-refractivity contribution in [2.45, 2.75) is 61.2 Å². The number of pyridine rings is 1. The number of nitrogens with one attached hydrogen (secondary N) is 2. The Morgan fingerprint density at radius 1 is 1.36 bits per heavy atom. The van der Waals surface area contributed by atoms with Gasteiger partial charge in [-0.15, -0.1) is 0 Å². The zero-order valence-electron chi connectivity index (χ0n) is 15.8. The molecule has 8 heteroatoms. The van der Waals surface area contributed by atoms with Gasteiger partial charge in [0.25, 0.3) is 0 Å². The fourth-order valence-corrected chi connectivity index (χ4v) is 4.48. The fourth-order valence-electron chi connectivity index (χ4n) is 3.73. The Hall–Kier alpha value is -2.45. The first kappa shape index (κ1) is 18.9. The molecule has 1 aliphatic rings. The Morgan fingerprint density at radius 3 is 2.93 bits per heavy atom. The van der Waals surface area contributed by atoms with Crippen molar-refractivity contribution in [2.75, 3.05) is 5.32 Å². The molecule has 0 spiro atoms. The van der Waals surface area contributed by atoms with E-state index in [-0.39, 0.29) is 12.1 Å². The van der Waals surface area contributed by atoms with Crippen molar-refractivity contribution in [1.29, 1.82) is 0 Å². The number of aldehydes is 1. The number of aromatic amines is 1. The maximum absolute atomic E-state index is 11.8. The Kier molecular flexibility index (Phi) is 5.59. The lowest BCUT2D eigenvalue weighted by Gasteiger charge is -2.30. The van der Waals surface area contributed by atoms with E-state index in [9.17, 15) is 4.79 Å². The lowest BCUT2D eigenvalue weighted by molar-refractivity contribution is 0.112. The largest absolute Gasteiger partial charge is 0.365 e. The van der Waals surface area contributed by atoms with Crippen LogP contribution in [-0.4, -0.2) is 38.3 Å². The number of hydrogen-bond acceptors (Lipinski definition) is 7. The Morgan fingerprint density at radius 2 is 2.21 bits per heavy atom. The van der Waals surface area contributed by atoms with Crippen LogP contribution in [0.2, 0.25) is 0 Å². The molecule has 1 fully saturated rings. The summed E-state index contributed by atoms with van der Waals surface area (Å²) in [6.07, 6.45) is 9.43. The van der Waals surface area contributed by atoms with E-state index in [2.05, 4.69) is 20.3 Å². The number of carbonyl (C=O) groups excluding carboxylic acids is 1. The SMILES string of the molecule is CCc1[nH]c2nc(Sc3cccnc3)nc(N[C@H]3CCCC[C@@H]3N)c2c1C=O. The Labute approximate surface area is 167 Å². The summed E-state index contributed by atoms with van der Waals surface area (Å²) in [6, 6.07) is 4.08. The van der Waals surface area contributed by atoms with Crippen molar-refractivity contribution in [3.63, 3.8) is 0 Å². The molecule has 4 rings (SSSR count). The van der Waals surface area contributed by atoms with E-state index in [1.807, 2.05) is 19.1 Å². The van der Waals surface area contributed by atoms with Gasteiger partial charge in [0.05, 0.1) is 5.39 Å². The predicted molar refractivity (Wildman–Crippen MR) is 111 cm³/mol. The van der Waals surface area contributed by atoms with E-state index in [1.165, 1.54) is 11.8 Å². The first-order valence-electron chi connectivity index (χ1n) is 9.67. The topological polar surface area (TPSA) is 110 Å². The molecule has 3 aromatic rings. The van der Waals surface area contributed by atoms with Crippen molar-refractivity contribution in [3.8, 4) is 0 Å². The average molecular weight is 397 g/mol. The van der Waals surface area contributed by atoms with Crippen LogP contribution in [-0.2, 0) is 6.42 Å². The third-order valence-electron chi connectivity index (χ3n) is 5.21. The summed E-state index contributed by atoms with van der Waals surface area (Å²) in [7, 11) is 0. The van der Waals surface area contributed by atoms with Crippen LogP contribution in [0, 0.1) is 0 Å². The molecule has 0 aliphatic heterocycles. The normalized spacial score (nSPS) is 19.6. The lowest BCUT2D eigenvalue weighted by atomic mass is 9.91. The van der Waals surface area contributed by atoms with Gasteiger partial charge in [0, 0.05) is 40.6 Å². The zero-order chi connectivity index (χ0) is 19.5. The zero-order valence-corrected chi connectivity index (χ0v) is 16.6. The first-order valence-corrected chi connectivity index (χ1v) is 10.5. The molecule has 1 aliphatic carbocycles. The van der Waals surface area contributed by atoms with Crippen LogP contribution >= 0.6 is 11.8 Å². The predicted octanol–water partition coefficient (Wildman–Crippen LogP) is 3.56. The highest BCUT2D eigenvalue weighted by Gasteiger charge is 2.25. The highest BCUT2D eigenvalue weighted by molar-refractivity contribution is 7.99. The number of nitrogens with zero attached hydrogens (tertiary/aromatic N) is 3. The smallest absolute Gasteiger partial charge is 0.196 e. The number of rotatable bonds is 6. The monoisotopic (exact) mass is 396 g/mol. The molecule has 0 aromatic carbocycles. The summed E-state index contributed by atoms with van der Waals surface area (Å²) < 4.78 is 0. The van der Waals surface area contributed by atoms with Gasteiger partial charge in [0.15, 0.2) is 11.4 Å². The van der Waals surface area contributed by atoms with Crippen LogP contribution in [0.25, 0.3) is 11.0 Å². The van der Waals surface area contributed by atoms with E-state index < -0.39 is 0 Å². The maximum Gasteiger partial charge on any atom is 0.196 e. The van der Waals surface area contributed by atoms with Crippen molar-refractivity contribution < 1.29 is 4.79 Å². The molecule has 0 unspecified atom stereocenters. The van der Waals surface area contributed by atoms with Crippen LogP contribution in [0.5, 0.6) is 0 Å². The van der Waals surface area contributed by atoms with Gasteiger partial charge >= 0.3 is 0 Å². The van der Waals surface area contributed by atoms with Gasteiger partial charge in [0.2, 0.25) is 0 Å². The molecule has 3 heterocycles. The van der Waals surface area contributed by atoms with Crippen LogP contribution < -0.4 is 11.1 Å². The third kappa shape index (κ3) is 3.74. The van der Waals surface area contributed by atoms with Crippen molar-refractivity contribution >= 4 is 34.9 Å². The quantitative estimate of drug-likeness (QED) is 0.432. The minimum absolute atomic E-state index is 0.0810. The second-order valence-corrected chi connectivity index (χ2v) is 8.10. The Balaban J connectivity index is 1.78. The van der Waals surface area contributed by atoms with E-state index in [4.69, 9.17) is 10.7 Å². The van der Waals surface area contributed by atoms with Gasteiger partial charge in [-0.05, 0) is 43.2 Å². The molecule has 0 radical (unpaired) electrons. The van der Waals surface area contributed by atoms with Gasteiger partial charge in [-0.3, -0.25) is 9.78 Å². The summed E-state index contributed by atoms with van der Waals surface area (Å²) in [6.45, 7) is 2.01. The lowest BCUT2D eigenvalue weighted by Crippen LogP contribution is -2.42. The summed E-state index contributed by atoms with van der Waals surface area (Å²) >= 11 is 1.45. The van der Waals surface area contributed by atoms with E-state index in [0.717, 1.165) is 54.4 Å². The fraction of sp³-hybridized carbons (Fsp3) is 0.400. The van der Waals surface area contributed by atoms with Crippen molar-refractivity contribution in [1.82, 2.24) is 19.9 Å². The summed E-state index contributed by atoms with van der Waals surface area (Å²) in [5.74, 6) is 0.678. The highest BCUT2D eigenvalue weighted by atomic mass is 32.2. The van der Waals surface area contributed by atoms with Gasteiger partial charge in [-0.1, -0.05) is 19.8 Å². The molecule has 7 nitrogen and oxygen atoms in total. The van der Waals surface area contributed by atoms with Gasteiger partial charge < -0.3 is 16.0 Å². The van der Waals surface area contributed by atoms with Crippen molar-refractivity contribution in [2.24, 2.45) is 5.73 Å². The number of aromatic nitrogens is 4. The summed E-state index contributed by atoms with van der Waals surface area (Å²) in [4.78, 5) is 29.6. The highest BCUT2D eigenvalue weighted by Crippen LogP contribution is 2.33. The second-order valence-electron chi connectivity index (χ2n) is 7.06. The van der Waals surface area contributed by atoms with Crippen LogP contribution in [0.15, 0.2) is 34.6 Å². The Bertz CT molecular complexity index is 974. The van der Waals surface area contributed by atoms with Crippen LogP contribution in [0.4, 0.5) is 5.82 Å². The minimum atomic E-state index is 0.0810. The van der Waals surface area contributed by atoms with Crippen molar-refractivity contribution in [3.05, 3.63) is 35.8 Å². The number of carbonyl (C=O) groups is 1. The maximum atomic E-state index is 11.8. The summed E-state index contributed by atoms with van der Waals surface area (Å²) in [5, 5.41) is 4.88. The number of anilines is 1. The van der Waals surface area contributed by atoms with E-state index in [1.54, 1.807) is 12.4 Å². The standard InChI is InChI=1S/C20H24N6OS/c1-2-15-13(11-27)17-18(23-15)25-20(28-12-6-5-9-22-10-12)26-19(17)24-16-8-4-3-7-14(16)21/h5-6,9-11,14,16H,2-4,7-8,21H2,1H3,(H2,23,24,25,26)/t14-,16-/m0/s1. The average Bonchev–Trinajstić information content (AvgIpc) is 3.08. The molecular formula is C20H24N6OS. The molecule has 146 valence electrons. The first-order chi connectivity index (χ1) is 13.7. The number of fused-ring (bicyclic) bond motifs is 1. The van der Waals surface area contributed by atoms with Gasteiger partial charge in [0.1, 0.15) is 11.5 Å². The number of aryl methyl sites for hydroxylation is 1. The summed E-state index contributed by atoms with van der Waals surface area (Å²) in [5.41, 5.74) is 8.51. The molecule has 3 aromatic heterocycles. The number of hydrogen-bond donors (Lipinski definition) is 3. The molecule has 0 amide bonds. The number of H-pyrrole nitrogens is 1. The van der Waals surface area contributed by atoms with E-state index >= 15 is 0 Å². The third-order valence-corrected chi connectivity index (χ3v) is 6.05. The molecule has 0 saturated heterocycles. The molecule has 1 saturated carbocycles. The minimum Gasteiger partial charge on any atom is -0.365 e. The molecule has 0 bridgehead atoms. The van der Waals surface area contributed by atoms with Crippen LogP contribution in [0.1, 0.15) is 48.7 Å². The molecular weight excluding hydrogens is 372 g/mol. The molecule has 28 heavy (non-hydrogen) atoms. The number of nitrogens with two attached hydrogens (primary N) is 1. The molecule has 2 atom stereocenters.